The van der Waals surface area contributed by atoms with Gasteiger partial charge in [-0.3, -0.25) is 4.79 Å². The second kappa shape index (κ2) is 9.15. The fourth-order valence-corrected chi connectivity index (χ4v) is 4.03. The molecule has 150 valence electrons. The zero-order valence-corrected chi connectivity index (χ0v) is 17.0. The van der Waals surface area contributed by atoms with Crippen LogP contribution in [0, 0.1) is 0 Å². The van der Waals surface area contributed by atoms with E-state index in [0.29, 0.717) is 36.2 Å². The van der Waals surface area contributed by atoms with Gasteiger partial charge in [-0.2, -0.15) is 4.99 Å². The Kier molecular flexibility index (Phi) is 6.17. The third kappa shape index (κ3) is 4.81. The molecular weight excluding hydrogens is 388 g/mol. The number of rotatable bonds is 5. The molecule has 0 saturated carbocycles. The molecular formula is C22H22N2O4S. The van der Waals surface area contributed by atoms with E-state index in [0.717, 1.165) is 29.4 Å². The highest BCUT2D eigenvalue weighted by Crippen LogP contribution is 2.33. The summed E-state index contributed by atoms with van der Waals surface area (Å²) in [5.41, 5.74) is 1.95. The quantitative estimate of drug-likeness (QED) is 0.703. The average Bonchev–Trinajstić information content (AvgIpc) is 3.14. The third-order valence-electron chi connectivity index (χ3n) is 4.61. The molecule has 0 atom stereocenters. The SMILES string of the molecule is COc1cc(C=C2SC(N3CCOCC3)=NC2=O)ccc1OCc1ccccc1. The fourth-order valence-electron chi connectivity index (χ4n) is 3.07. The van der Waals surface area contributed by atoms with Gasteiger partial charge in [0, 0.05) is 13.1 Å². The molecule has 0 unspecified atom stereocenters. The zero-order valence-electron chi connectivity index (χ0n) is 16.2. The number of thioether (sulfide) groups is 1. The van der Waals surface area contributed by atoms with Crippen LogP contribution in [-0.2, 0) is 16.1 Å². The van der Waals surface area contributed by atoms with Crippen molar-refractivity contribution in [3.05, 3.63) is 64.6 Å². The van der Waals surface area contributed by atoms with E-state index in [1.807, 2.05) is 54.6 Å². The molecule has 0 spiro atoms. The first-order valence-electron chi connectivity index (χ1n) is 9.43. The number of carbonyl (C=O) groups excluding carboxylic acids is 1. The highest BCUT2D eigenvalue weighted by atomic mass is 32.2. The third-order valence-corrected chi connectivity index (χ3v) is 5.66. The number of hydrogen-bond donors (Lipinski definition) is 0. The maximum absolute atomic E-state index is 12.3. The number of carbonyl (C=O) groups is 1. The summed E-state index contributed by atoms with van der Waals surface area (Å²) >= 11 is 1.41. The van der Waals surface area contributed by atoms with Gasteiger partial charge < -0.3 is 19.1 Å². The lowest BCUT2D eigenvalue weighted by molar-refractivity contribution is -0.113. The molecule has 6 nitrogen and oxygen atoms in total. The van der Waals surface area contributed by atoms with Gasteiger partial charge in [0.1, 0.15) is 6.61 Å². The number of benzene rings is 2. The lowest BCUT2D eigenvalue weighted by Crippen LogP contribution is -2.38. The van der Waals surface area contributed by atoms with Crippen LogP contribution in [0.1, 0.15) is 11.1 Å². The minimum Gasteiger partial charge on any atom is -0.493 e. The Morgan fingerprint density at radius 1 is 1.14 bits per heavy atom. The summed E-state index contributed by atoms with van der Waals surface area (Å²) in [4.78, 5) is 19.2. The Morgan fingerprint density at radius 3 is 2.69 bits per heavy atom. The zero-order chi connectivity index (χ0) is 20.1. The molecule has 29 heavy (non-hydrogen) atoms. The van der Waals surface area contributed by atoms with E-state index in [2.05, 4.69) is 9.89 Å². The minimum atomic E-state index is -0.208. The molecule has 0 radical (unpaired) electrons. The fraction of sp³-hybridized carbons (Fsp3) is 0.273. The van der Waals surface area contributed by atoms with Gasteiger partial charge in [0.25, 0.3) is 5.91 Å². The molecule has 2 aromatic carbocycles. The van der Waals surface area contributed by atoms with E-state index < -0.39 is 0 Å². The molecule has 4 rings (SSSR count). The number of amidine groups is 1. The predicted octanol–water partition coefficient (Wildman–Crippen LogP) is 3.58. The second-order valence-electron chi connectivity index (χ2n) is 6.59. The summed E-state index contributed by atoms with van der Waals surface area (Å²) in [6.07, 6.45) is 1.84. The van der Waals surface area contributed by atoms with Crippen molar-refractivity contribution in [2.24, 2.45) is 4.99 Å². The smallest absolute Gasteiger partial charge is 0.286 e. The minimum absolute atomic E-state index is 0.208. The highest BCUT2D eigenvalue weighted by molar-refractivity contribution is 8.18. The normalized spacial score (nSPS) is 18.1. The molecule has 0 bridgehead atoms. The van der Waals surface area contributed by atoms with Crippen molar-refractivity contribution in [3.8, 4) is 11.5 Å². The van der Waals surface area contributed by atoms with Gasteiger partial charge >= 0.3 is 0 Å². The molecule has 2 aliphatic heterocycles. The van der Waals surface area contributed by atoms with Crippen LogP contribution in [0.3, 0.4) is 0 Å². The summed E-state index contributed by atoms with van der Waals surface area (Å²) in [5, 5.41) is 0.749. The van der Waals surface area contributed by atoms with Gasteiger partial charge in [-0.15, -0.1) is 0 Å². The number of morpholine rings is 1. The molecule has 1 saturated heterocycles. The lowest BCUT2D eigenvalue weighted by Gasteiger charge is -2.27. The molecule has 0 aromatic heterocycles. The van der Waals surface area contributed by atoms with Gasteiger partial charge in [-0.1, -0.05) is 36.4 Å². The van der Waals surface area contributed by atoms with Gasteiger partial charge in [-0.25, -0.2) is 0 Å². The topological polar surface area (TPSA) is 60.4 Å². The van der Waals surface area contributed by atoms with E-state index in [-0.39, 0.29) is 5.91 Å². The van der Waals surface area contributed by atoms with Crippen molar-refractivity contribution in [2.45, 2.75) is 6.61 Å². The number of ether oxygens (including phenoxy) is 3. The van der Waals surface area contributed by atoms with Gasteiger partial charge in [0.15, 0.2) is 16.7 Å². The number of nitrogens with zero attached hydrogens (tertiary/aromatic N) is 2. The number of aliphatic imine (C=N–C) groups is 1. The first-order chi connectivity index (χ1) is 14.2. The Balaban J connectivity index is 1.45. The Labute approximate surface area is 174 Å². The van der Waals surface area contributed by atoms with Crippen molar-refractivity contribution in [2.75, 3.05) is 33.4 Å². The molecule has 1 fully saturated rings. The summed E-state index contributed by atoms with van der Waals surface area (Å²) in [6.45, 7) is 3.30. The van der Waals surface area contributed by atoms with Crippen LogP contribution in [0.4, 0.5) is 0 Å². The second-order valence-corrected chi connectivity index (χ2v) is 7.60. The van der Waals surface area contributed by atoms with Crippen molar-refractivity contribution in [1.29, 1.82) is 0 Å². The van der Waals surface area contributed by atoms with Crippen molar-refractivity contribution in [1.82, 2.24) is 4.90 Å². The van der Waals surface area contributed by atoms with Crippen LogP contribution in [0.5, 0.6) is 11.5 Å². The van der Waals surface area contributed by atoms with Crippen LogP contribution >= 0.6 is 11.8 Å². The van der Waals surface area contributed by atoms with Crippen LogP contribution < -0.4 is 9.47 Å². The van der Waals surface area contributed by atoms with Gasteiger partial charge in [0.05, 0.1) is 25.2 Å². The molecule has 7 heteroatoms. The standard InChI is InChI=1S/C22H22N2O4S/c1-26-19-13-17(7-8-18(19)28-15-16-5-3-2-4-6-16)14-20-21(25)23-22(29-20)24-9-11-27-12-10-24/h2-8,13-14H,9-12,15H2,1H3. The average molecular weight is 410 g/mol. The van der Waals surface area contributed by atoms with E-state index in [9.17, 15) is 4.79 Å². The van der Waals surface area contributed by atoms with E-state index in [1.54, 1.807) is 7.11 Å². The first-order valence-corrected chi connectivity index (χ1v) is 10.2. The maximum Gasteiger partial charge on any atom is 0.286 e. The Morgan fingerprint density at radius 2 is 1.93 bits per heavy atom. The molecule has 0 N–H and O–H groups in total. The van der Waals surface area contributed by atoms with Crippen molar-refractivity contribution < 1.29 is 19.0 Å². The van der Waals surface area contributed by atoms with Crippen LogP contribution in [0.15, 0.2) is 58.4 Å². The molecule has 2 aromatic rings. The molecule has 1 amide bonds. The van der Waals surface area contributed by atoms with Gasteiger partial charge in [0.2, 0.25) is 0 Å². The van der Waals surface area contributed by atoms with Crippen LogP contribution in [-0.4, -0.2) is 49.4 Å². The molecule has 0 aliphatic carbocycles. The number of hydrogen-bond acceptors (Lipinski definition) is 6. The Bertz CT molecular complexity index is 937. The highest BCUT2D eigenvalue weighted by Gasteiger charge is 2.27. The van der Waals surface area contributed by atoms with Crippen LogP contribution in [0.2, 0.25) is 0 Å². The Hall–Kier alpha value is -2.77. The maximum atomic E-state index is 12.3. The van der Waals surface area contributed by atoms with Crippen molar-refractivity contribution >= 4 is 28.9 Å². The number of methoxy groups -OCH3 is 1. The number of amides is 1. The van der Waals surface area contributed by atoms with Crippen LogP contribution in [0.25, 0.3) is 6.08 Å². The summed E-state index contributed by atoms with van der Waals surface area (Å²) in [6, 6.07) is 15.6. The lowest BCUT2D eigenvalue weighted by atomic mass is 10.2. The largest absolute Gasteiger partial charge is 0.493 e. The molecule has 2 heterocycles. The molecule has 2 aliphatic rings. The monoisotopic (exact) mass is 410 g/mol. The van der Waals surface area contributed by atoms with Crippen molar-refractivity contribution in [3.63, 3.8) is 0 Å². The predicted molar refractivity (Wildman–Crippen MR) is 114 cm³/mol. The van der Waals surface area contributed by atoms with E-state index in [1.165, 1.54) is 11.8 Å². The first kappa shape index (κ1) is 19.5. The van der Waals surface area contributed by atoms with E-state index >= 15 is 0 Å². The summed E-state index contributed by atoms with van der Waals surface area (Å²) < 4.78 is 16.7. The van der Waals surface area contributed by atoms with Gasteiger partial charge in [-0.05, 0) is 41.1 Å². The summed E-state index contributed by atoms with van der Waals surface area (Å²) in [7, 11) is 1.61. The summed E-state index contributed by atoms with van der Waals surface area (Å²) in [5.74, 6) is 1.08. The van der Waals surface area contributed by atoms with E-state index in [4.69, 9.17) is 14.2 Å².